The molecular formula is C31H41N5O7. The third-order valence-corrected chi connectivity index (χ3v) is 8.21. The van der Waals surface area contributed by atoms with Gasteiger partial charge in [-0.15, -0.1) is 0 Å². The molecule has 5 bridgehead atoms. The van der Waals surface area contributed by atoms with Gasteiger partial charge < -0.3 is 25.6 Å². The van der Waals surface area contributed by atoms with Crippen LogP contribution in [0, 0.1) is 11.3 Å². The van der Waals surface area contributed by atoms with Crippen LogP contribution in [-0.2, 0) is 23.9 Å². The molecule has 1 saturated heterocycles. The second-order valence-electron chi connectivity index (χ2n) is 12.1. The van der Waals surface area contributed by atoms with Gasteiger partial charge >= 0.3 is 5.97 Å². The summed E-state index contributed by atoms with van der Waals surface area (Å²) >= 11 is 0. The SMILES string of the molecule is CC(C)[C@@H]1NC(=O)C(C)(C(C)(O)O)/C=C/c2ccc3ccc(nc3c2)[C@@H](C)OC(=O)[C@@H]2CCCN(N2)C(=O)[C@H](C)NC1=O. The van der Waals surface area contributed by atoms with Gasteiger partial charge in [0.2, 0.25) is 11.8 Å². The van der Waals surface area contributed by atoms with E-state index in [0.29, 0.717) is 36.2 Å². The van der Waals surface area contributed by atoms with E-state index in [4.69, 9.17) is 4.74 Å². The lowest BCUT2D eigenvalue weighted by Gasteiger charge is -2.37. The van der Waals surface area contributed by atoms with Crippen LogP contribution in [0.3, 0.4) is 0 Å². The first-order chi connectivity index (χ1) is 20.1. The molecule has 1 aromatic carbocycles. The second kappa shape index (κ2) is 12.4. The van der Waals surface area contributed by atoms with E-state index < -0.39 is 65.0 Å². The molecule has 1 fully saturated rings. The van der Waals surface area contributed by atoms with Crippen molar-refractivity contribution in [1.82, 2.24) is 26.1 Å². The number of nitrogens with one attached hydrogen (secondary N) is 3. The third kappa shape index (κ3) is 6.87. The van der Waals surface area contributed by atoms with Crippen LogP contribution in [0.2, 0.25) is 0 Å². The third-order valence-electron chi connectivity index (χ3n) is 8.21. The summed E-state index contributed by atoms with van der Waals surface area (Å²) in [6.07, 6.45) is 3.28. The molecule has 232 valence electrons. The minimum Gasteiger partial charge on any atom is -0.455 e. The summed E-state index contributed by atoms with van der Waals surface area (Å²) in [5, 5.41) is 28.8. The average Bonchev–Trinajstić information content (AvgIpc) is 2.96. The number of benzene rings is 1. The van der Waals surface area contributed by atoms with Gasteiger partial charge in [0.25, 0.3) is 5.91 Å². The van der Waals surface area contributed by atoms with Crippen molar-refractivity contribution in [2.45, 2.75) is 84.4 Å². The van der Waals surface area contributed by atoms with Crippen molar-refractivity contribution in [3.8, 4) is 0 Å². The molecule has 3 heterocycles. The molecule has 0 radical (unpaired) electrons. The topological polar surface area (TPSA) is 170 Å². The highest BCUT2D eigenvalue weighted by Crippen LogP contribution is 2.33. The molecule has 2 aliphatic rings. The molecule has 5 atom stereocenters. The normalized spacial score (nSPS) is 28.8. The Bertz CT molecular complexity index is 1440. The molecule has 3 amide bonds. The maximum Gasteiger partial charge on any atom is 0.325 e. The van der Waals surface area contributed by atoms with Gasteiger partial charge in [-0.3, -0.25) is 24.2 Å². The van der Waals surface area contributed by atoms with Crippen molar-refractivity contribution >= 4 is 40.7 Å². The lowest BCUT2D eigenvalue weighted by Crippen LogP contribution is -2.62. The Balaban J connectivity index is 1.77. The van der Waals surface area contributed by atoms with Crippen LogP contribution in [0.25, 0.3) is 17.0 Å². The minimum absolute atomic E-state index is 0.327. The highest BCUT2D eigenvalue weighted by atomic mass is 16.5. The molecule has 12 nitrogen and oxygen atoms in total. The van der Waals surface area contributed by atoms with Crippen molar-refractivity contribution in [2.75, 3.05) is 6.54 Å². The van der Waals surface area contributed by atoms with Crippen LogP contribution in [0.15, 0.2) is 36.4 Å². The number of cyclic esters (lactones) is 1. The van der Waals surface area contributed by atoms with E-state index in [-0.39, 0.29) is 0 Å². The summed E-state index contributed by atoms with van der Waals surface area (Å²) in [5.41, 5.74) is 2.82. The van der Waals surface area contributed by atoms with Crippen LogP contribution >= 0.6 is 0 Å². The molecule has 43 heavy (non-hydrogen) atoms. The average molecular weight is 596 g/mol. The molecule has 12 heteroatoms. The number of hydrazine groups is 1. The Kier molecular flexibility index (Phi) is 9.24. The lowest BCUT2D eigenvalue weighted by atomic mass is 9.79. The molecule has 5 N–H and O–H groups in total. The number of hydrogen-bond acceptors (Lipinski definition) is 9. The van der Waals surface area contributed by atoms with E-state index in [1.165, 1.54) is 24.9 Å². The van der Waals surface area contributed by atoms with Crippen LogP contribution in [0.4, 0.5) is 0 Å². The van der Waals surface area contributed by atoms with Crippen molar-refractivity contribution in [2.24, 2.45) is 11.3 Å². The number of rotatable bonds is 2. The monoisotopic (exact) mass is 595 g/mol. The van der Waals surface area contributed by atoms with E-state index in [1.807, 2.05) is 12.1 Å². The van der Waals surface area contributed by atoms with Gasteiger partial charge in [-0.1, -0.05) is 44.2 Å². The Morgan fingerprint density at radius 1 is 1.09 bits per heavy atom. The largest absolute Gasteiger partial charge is 0.455 e. The number of hydrogen-bond donors (Lipinski definition) is 5. The summed E-state index contributed by atoms with van der Waals surface area (Å²) in [5.74, 6) is -5.29. The zero-order valence-electron chi connectivity index (χ0n) is 25.4. The number of ether oxygens (including phenoxy) is 1. The lowest BCUT2D eigenvalue weighted by molar-refractivity contribution is -0.209. The quantitative estimate of drug-likeness (QED) is 0.256. The first kappa shape index (κ1) is 32.1. The van der Waals surface area contributed by atoms with Gasteiger partial charge in [0.15, 0.2) is 5.79 Å². The number of esters is 1. The fraction of sp³-hybridized carbons (Fsp3) is 0.516. The van der Waals surface area contributed by atoms with Crippen molar-refractivity contribution < 1.29 is 34.1 Å². The van der Waals surface area contributed by atoms with Gasteiger partial charge in [0.05, 0.1) is 11.2 Å². The molecule has 1 unspecified atom stereocenters. The first-order valence-corrected chi connectivity index (χ1v) is 14.5. The maximum atomic E-state index is 13.6. The van der Waals surface area contributed by atoms with E-state index in [0.717, 1.165) is 12.3 Å². The Hall–Kier alpha value is -3.87. The van der Waals surface area contributed by atoms with Crippen LogP contribution in [-0.4, -0.2) is 74.4 Å². The standard InChI is InChI=1S/C31H41N5O7/c1-17(2)25-26(37)32-18(3)27(38)36-15-7-8-23(35-36)28(39)43-19(4)22-12-11-21-10-9-20(16-24(21)33-22)13-14-30(5,29(40)34-25)31(6,41)42/h9-14,16-19,23,25,35,41-42H,7-8,15H2,1-6H3,(H,32,37)(H,34,40)/b14-13+/t18-,19+,23-,25-,30?/m0/s1. The molecular weight excluding hydrogens is 554 g/mol. The van der Waals surface area contributed by atoms with Crippen molar-refractivity contribution in [1.29, 1.82) is 0 Å². The number of aromatic nitrogens is 1. The summed E-state index contributed by atoms with van der Waals surface area (Å²) in [4.78, 5) is 58.0. The van der Waals surface area contributed by atoms with Crippen molar-refractivity contribution in [3.05, 3.63) is 47.7 Å². The van der Waals surface area contributed by atoms with Crippen LogP contribution in [0.5, 0.6) is 0 Å². The van der Waals surface area contributed by atoms with Crippen LogP contribution in [0.1, 0.15) is 71.7 Å². The second-order valence-corrected chi connectivity index (χ2v) is 12.1. The van der Waals surface area contributed by atoms with Gasteiger partial charge in [-0.25, -0.2) is 10.4 Å². The molecule has 0 spiro atoms. The fourth-order valence-electron chi connectivity index (χ4n) is 5.05. The summed E-state index contributed by atoms with van der Waals surface area (Å²) in [6.45, 7) is 9.47. The molecule has 2 aromatic rings. The van der Waals surface area contributed by atoms with E-state index in [2.05, 4.69) is 21.0 Å². The van der Waals surface area contributed by atoms with E-state index in [9.17, 15) is 29.4 Å². The number of amides is 3. The van der Waals surface area contributed by atoms with Gasteiger partial charge in [0.1, 0.15) is 29.6 Å². The molecule has 1 aromatic heterocycles. The number of nitrogens with zero attached hydrogens (tertiary/aromatic N) is 2. The number of fused-ring (bicyclic) bond motifs is 4. The fourth-order valence-corrected chi connectivity index (χ4v) is 5.05. The number of aliphatic hydroxyl groups is 2. The predicted octanol–water partition coefficient (Wildman–Crippen LogP) is 1.71. The van der Waals surface area contributed by atoms with Crippen molar-refractivity contribution in [3.63, 3.8) is 0 Å². The zero-order valence-corrected chi connectivity index (χ0v) is 25.4. The van der Waals surface area contributed by atoms with Gasteiger partial charge in [-0.05, 0) is 64.2 Å². The molecule has 0 aliphatic carbocycles. The number of pyridine rings is 1. The molecule has 4 rings (SSSR count). The molecule has 0 saturated carbocycles. The molecule has 2 aliphatic heterocycles. The smallest absolute Gasteiger partial charge is 0.325 e. The highest BCUT2D eigenvalue weighted by molar-refractivity contribution is 5.94. The van der Waals surface area contributed by atoms with Gasteiger partial charge in [-0.2, -0.15) is 0 Å². The summed E-state index contributed by atoms with van der Waals surface area (Å²) in [6, 6.07) is 6.20. The highest BCUT2D eigenvalue weighted by Gasteiger charge is 2.48. The minimum atomic E-state index is -2.50. The number of carbonyl (C=O) groups is 4. The van der Waals surface area contributed by atoms with Crippen LogP contribution < -0.4 is 16.1 Å². The summed E-state index contributed by atoms with van der Waals surface area (Å²) in [7, 11) is 0. The van der Waals surface area contributed by atoms with E-state index >= 15 is 0 Å². The first-order valence-electron chi connectivity index (χ1n) is 14.5. The predicted molar refractivity (Wildman–Crippen MR) is 158 cm³/mol. The maximum absolute atomic E-state index is 13.6. The number of carbonyl (C=O) groups excluding carboxylic acids is 4. The van der Waals surface area contributed by atoms with Gasteiger partial charge in [0, 0.05) is 11.9 Å². The zero-order chi connectivity index (χ0) is 31.7. The van der Waals surface area contributed by atoms with E-state index in [1.54, 1.807) is 45.0 Å². The Morgan fingerprint density at radius 2 is 1.79 bits per heavy atom. The Labute approximate surface area is 250 Å². The summed E-state index contributed by atoms with van der Waals surface area (Å²) < 4.78 is 5.73. The Morgan fingerprint density at radius 3 is 2.47 bits per heavy atom.